The molecule has 0 radical (unpaired) electrons. The lowest BCUT2D eigenvalue weighted by Crippen LogP contribution is -2.49. The second-order valence-corrected chi connectivity index (χ2v) is 12.7. The number of hydrogen-bond donors (Lipinski definition) is 3. The van der Waals surface area contributed by atoms with Gasteiger partial charge in [-0.25, -0.2) is 23.1 Å². The number of nitrogens with one attached hydrogen (secondary N) is 1. The Morgan fingerprint density at radius 2 is 1.92 bits per heavy atom. The van der Waals surface area contributed by atoms with Gasteiger partial charge in [-0.15, -0.1) is 0 Å². The van der Waals surface area contributed by atoms with Crippen molar-refractivity contribution in [2.45, 2.75) is 62.9 Å². The summed E-state index contributed by atoms with van der Waals surface area (Å²) in [4.78, 5) is 13.8. The van der Waals surface area contributed by atoms with Gasteiger partial charge in [-0.2, -0.15) is 0 Å². The van der Waals surface area contributed by atoms with E-state index < -0.39 is 16.1 Å². The molecule has 5 rings (SSSR count). The maximum absolute atomic E-state index is 12.9. The van der Waals surface area contributed by atoms with Crippen molar-refractivity contribution in [1.29, 1.82) is 0 Å². The minimum Gasteiger partial charge on any atom is -0.390 e. The Kier molecular flexibility index (Phi) is 6.97. The van der Waals surface area contributed by atoms with Gasteiger partial charge in [-0.05, 0) is 69.5 Å². The van der Waals surface area contributed by atoms with Crippen LogP contribution in [0.3, 0.4) is 0 Å². The van der Waals surface area contributed by atoms with E-state index in [0.717, 1.165) is 69.7 Å². The van der Waals surface area contributed by atoms with Crippen LogP contribution >= 0.6 is 0 Å². The Bertz CT molecular complexity index is 1200. The number of benzene rings is 1. The van der Waals surface area contributed by atoms with Gasteiger partial charge in [0, 0.05) is 43.7 Å². The average Bonchev–Trinajstić information content (AvgIpc) is 3.58. The van der Waals surface area contributed by atoms with Crippen molar-refractivity contribution in [3.63, 3.8) is 0 Å². The maximum atomic E-state index is 12.9. The number of β-amino-alcohol motifs (C(OH)–C–C–N with tert-alkyl or cyclic N) is 1. The number of nitrogen functional groups attached to an aromatic ring is 1. The summed E-state index contributed by atoms with van der Waals surface area (Å²) in [5, 5.41) is 10.7. The molecule has 3 heterocycles. The lowest BCUT2D eigenvalue weighted by molar-refractivity contribution is 0.0557. The summed E-state index contributed by atoms with van der Waals surface area (Å²) < 4.78 is 28.4. The van der Waals surface area contributed by atoms with E-state index in [9.17, 15) is 13.5 Å². The number of aromatic nitrogens is 2. The molecule has 2 aliphatic heterocycles. The SMILES string of the molecule is Cc1cccc(C)c1S(=O)(=O)NC[C@@H](O)CN1CCC[C@@]2(CCN(c3ncnc(N)c3C3CC3)C2)C1. The molecule has 1 saturated carbocycles. The van der Waals surface area contributed by atoms with Crippen molar-refractivity contribution in [3.05, 3.63) is 41.2 Å². The maximum Gasteiger partial charge on any atom is 0.241 e. The minimum atomic E-state index is -3.68. The summed E-state index contributed by atoms with van der Waals surface area (Å²) in [5.41, 5.74) is 8.90. The van der Waals surface area contributed by atoms with E-state index in [4.69, 9.17) is 5.73 Å². The Balaban J connectivity index is 1.19. The molecule has 1 aromatic heterocycles. The fourth-order valence-electron chi connectivity index (χ4n) is 6.19. The van der Waals surface area contributed by atoms with Crippen molar-refractivity contribution >= 4 is 21.7 Å². The molecule has 1 aliphatic carbocycles. The van der Waals surface area contributed by atoms with Crippen molar-refractivity contribution in [2.24, 2.45) is 5.41 Å². The molecule has 4 N–H and O–H groups in total. The van der Waals surface area contributed by atoms with Crippen LogP contribution in [-0.4, -0.2) is 73.8 Å². The van der Waals surface area contributed by atoms with E-state index >= 15 is 0 Å². The molecule has 2 atom stereocenters. The Hall–Kier alpha value is -2.27. The molecule has 1 spiro atoms. The van der Waals surface area contributed by atoms with E-state index in [2.05, 4.69) is 24.5 Å². The van der Waals surface area contributed by atoms with E-state index in [1.54, 1.807) is 32.3 Å². The Labute approximate surface area is 214 Å². The number of piperidine rings is 1. The average molecular weight is 515 g/mol. The fraction of sp³-hybridized carbons (Fsp3) is 0.615. The number of sulfonamides is 1. The summed E-state index contributed by atoms with van der Waals surface area (Å²) in [6, 6.07) is 5.43. The van der Waals surface area contributed by atoms with E-state index in [1.165, 1.54) is 0 Å². The number of anilines is 2. The van der Waals surface area contributed by atoms with Crippen molar-refractivity contribution in [3.8, 4) is 0 Å². The van der Waals surface area contributed by atoms with Crippen LogP contribution in [0.4, 0.5) is 11.6 Å². The van der Waals surface area contributed by atoms with Crippen molar-refractivity contribution in [2.75, 3.05) is 49.9 Å². The van der Waals surface area contributed by atoms with E-state index in [-0.39, 0.29) is 12.0 Å². The van der Waals surface area contributed by atoms with Crippen LogP contribution in [0.15, 0.2) is 29.4 Å². The zero-order valence-corrected chi connectivity index (χ0v) is 22.1. The number of aliphatic hydroxyl groups excluding tert-OH is 1. The summed E-state index contributed by atoms with van der Waals surface area (Å²) in [6.45, 7) is 7.71. The molecular weight excluding hydrogens is 476 g/mol. The Morgan fingerprint density at radius 3 is 2.64 bits per heavy atom. The molecule has 9 nitrogen and oxygen atoms in total. The van der Waals surface area contributed by atoms with Gasteiger partial charge >= 0.3 is 0 Å². The van der Waals surface area contributed by atoms with Crippen LogP contribution in [0.5, 0.6) is 0 Å². The fourth-order valence-corrected chi connectivity index (χ4v) is 7.73. The van der Waals surface area contributed by atoms with Gasteiger partial charge in [0.15, 0.2) is 0 Å². The summed E-state index contributed by atoms with van der Waals surface area (Å²) in [6.07, 6.45) is 6.40. The number of likely N-dealkylation sites (tertiary alicyclic amines) is 1. The molecule has 1 aromatic carbocycles. The van der Waals surface area contributed by atoms with Gasteiger partial charge in [-0.3, -0.25) is 0 Å². The number of nitrogens with two attached hydrogens (primary N) is 1. The summed E-state index contributed by atoms with van der Waals surface area (Å²) in [5.74, 6) is 2.10. The van der Waals surface area contributed by atoms with Crippen LogP contribution in [0, 0.1) is 19.3 Å². The highest BCUT2D eigenvalue weighted by Crippen LogP contribution is 2.48. The van der Waals surface area contributed by atoms with Gasteiger partial charge in [0.25, 0.3) is 0 Å². The zero-order valence-electron chi connectivity index (χ0n) is 21.3. The minimum absolute atomic E-state index is 0.00328. The summed E-state index contributed by atoms with van der Waals surface area (Å²) in [7, 11) is -3.68. The molecule has 3 fully saturated rings. The third-order valence-corrected chi connectivity index (χ3v) is 9.74. The number of aryl methyl sites for hydroxylation is 2. The van der Waals surface area contributed by atoms with E-state index in [1.807, 2.05) is 6.07 Å². The first-order valence-electron chi connectivity index (χ1n) is 13.0. The molecule has 196 valence electrons. The molecule has 0 bridgehead atoms. The number of nitrogens with zero attached hydrogens (tertiary/aromatic N) is 4. The highest BCUT2D eigenvalue weighted by Gasteiger charge is 2.43. The van der Waals surface area contributed by atoms with Crippen molar-refractivity contribution < 1.29 is 13.5 Å². The van der Waals surface area contributed by atoms with E-state index in [0.29, 0.717) is 34.3 Å². The van der Waals surface area contributed by atoms with Crippen LogP contribution < -0.4 is 15.4 Å². The van der Waals surface area contributed by atoms with Crippen LogP contribution in [0.1, 0.15) is 54.7 Å². The second kappa shape index (κ2) is 9.89. The lowest BCUT2D eigenvalue weighted by Gasteiger charge is -2.41. The van der Waals surface area contributed by atoms with Gasteiger partial charge in [-0.1, -0.05) is 18.2 Å². The van der Waals surface area contributed by atoms with Crippen LogP contribution in [0.2, 0.25) is 0 Å². The molecule has 3 aliphatic rings. The first-order valence-corrected chi connectivity index (χ1v) is 14.5. The highest BCUT2D eigenvalue weighted by molar-refractivity contribution is 7.89. The third kappa shape index (κ3) is 5.22. The second-order valence-electron chi connectivity index (χ2n) is 11.0. The van der Waals surface area contributed by atoms with Crippen LogP contribution in [-0.2, 0) is 10.0 Å². The standard InChI is InChI=1S/C26H38N6O3S/c1-18-5-3-6-19(2)23(18)36(34,35)30-13-21(33)14-31-11-4-9-26(15-31)10-12-32(16-26)25-22(20-7-8-20)24(27)28-17-29-25/h3,5-6,17,20-21,30,33H,4,7-16H2,1-2H3,(H2,27,28,29)/t21-,26-/m1/s1. The highest BCUT2D eigenvalue weighted by atomic mass is 32.2. The zero-order chi connectivity index (χ0) is 25.5. The number of aliphatic hydroxyl groups is 1. The van der Waals surface area contributed by atoms with Gasteiger partial charge in [0.05, 0.1) is 11.0 Å². The topological polar surface area (TPSA) is 125 Å². The monoisotopic (exact) mass is 514 g/mol. The van der Waals surface area contributed by atoms with Gasteiger partial charge in [0.2, 0.25) is 10.0 Å². The number of hydrogen-bond acceptors (Lipinski definition) is 8. The lowest BCUT2D eigenvalue weighted by atomic mass is 9.79. The molecule has 0 unspecified atom stereocenters. The first-order chi connectivity index (χ1) is 17.2. The largest absolute Gasteiger partial charge is 0.390 e. The molecule has 2 saturated heterocycles. The van der Waals surface area contributed by atoms with Gasteiger partial charge < -0.3 is 20.6 Å². The predicted molar refractivity (Wildman–Crippen MR) is 140 cm³/mol. The molecule has 10 heteroatoms. The first kappa shape index (κ1) is 25.4. The normalized spacial score (nSPS) is 23.9. The molecule has 36 heavy (non-hydrogen) atoms. The predicted octanol–water partition coefficient (Wildman–Crippen LogP) is 2.18. The molecular formula is C26H38N6O3S. The third-order valence-electron chi connectivity index (χ3n) is 8.01. The van der Waals surface area contributed by atoms with Gasteiger partial charge in [0.1, 0.15) is 18.0 Å². The summed E-state index contributed by atoms with van der Waals surface area (Å²) >= 11 is 0. The Morgan fingerprint density at radius 1 is 1.17 bits per heavy atom. The smallest absolute Gasteiger partial charge is 0.241 e. The molecule has 2 aromatic rings. The van der Waals surface area contributed by atoms with Crippen molar-refractivity contribution in [1.82, 2.24) is 19.6 Å². The van der Waals surface area contributed by atoms with Crippen LogP contribution in [0.25, 0.3) is 0 Å². The quantitative estimate of drug-likeness (QED) is 0.490. The number of rotatable bonds is 8. The molecule has 0 amide bonds.